The molecule has 1 N–H and O–H groups in total. The van der Waals surface area contributed by atoms with E-state index in [4.69, 9.17) is 4.74 Å². The van der Waals surface area contributed by atoms with E-state index in [0.717, 1.165) is 18.5 Å². The number of rotatable bonds is 3. The van der Waals surface area contributed by atoms with Gasteiger partial charge in [-0.25, -0.2) is 9.36 Å². The third-order valence-corrected chi connectivity index (χ3v) is 3.77. The van der Waals surface area contributed by atoms with Crippen LogP contribution in [0.4, 0.5) is 4.79 Å². The average Bonchev–Trinajstić information content (AvgIpc) is 2.90. The summed E-state index contributed by atoms with van der Waals surface area (Å²) >= 11 is 0. The van der Waals surface area contributed by atoms with Crippen LogP contribution in [0.5, 0.6) is 6.01 Å². The number of amides is 1. The Bertz CT molecular complexity index is 445. The van der Waals surface area contributed by atoms with Crippen LogP contribution in [0.3, 0.4) is 0 Å². The molecular weight excluding hydrogens is 230 g/mol. The Morgan fingerprint density at radius 3 is 2.72 bits per heavy atom. The molecule has 1 aromatic rings. The van der Waals surface area contributed by atoms with Crippen molar-refractivity contribution in [1.82, 2.24) is 14.9 Å². The van der Waals surface area contributed by atoms with Crippen molar-refractivity contribution < 1.29 is 9.53 Å². The summed E-state index contributed by atoms with van der Waals surface area (Å²) in [6.07, 6.45) is 8.86. The van der Waals surface area contributed by atoms with Crippen LogP contribution in [-0.4, -0.2) is 28.7 Å². The van der Waals surface area contributed by atoms with Crippen LogP contribution in [0.25, 0.3) is 0 Å². The molecule has 0 bridgehead atoms. The second-order valence-corrected chi connectivity index (χ2v) is 5.23. The first kappa shape index (κ1) is 11.6. The highest BCUT2D eigenvalue weighted by molar-refractivity contribution is 5.78. The van der Waals surface area contributed by atoms with Gasteiger partial charge in [-0.2, -0.15) is 4.98 Å². The number of carbonyl (C=O) groups excluding carboxylic acids is 1. The fourth-order valence-electron chi connectivity index (χ4n) is 2.56. The number of imidazole rings is 1. The van der Waals surface area contributed by atoms with Crippen molar-refractivity contribution >= 4 is 6.03 Å². The molecule has 1 amide bonds. The molecule has 0 aromatic carbocycles. The Balaban J connectivity index is 1.80. The third kappa shape index (κ3) is 2.21. The van der Waals surface area contributed by atoms with E-state index in [0.29, 0.717) is 18.0 Å². The number of methoxy groups -OCH3 is 1. The van der Waals surface area contributed by atoms with E-state index in [1.165, 1.54) is 30.3 Å². The van der Waals surface area contributed by atoms with Crippen LogP contribution in [-0.2, 0) is 0 Å². The molecule has 0 saturated heterocycles. The summed E-state index contributed by atoms with van der Waals surface area (Å²) in [6, 6.07) is 0.626. The van der Waals surface area contributed by atoms with Crippen LogP contribution in [0.1, 0.15) is 50.1 Å². The molecule has 0 aliphatic heterocycles. The number of nitrogens with one attached hydrogen (secondary N) is 1. The molecule has 0 atom stereocenters. The van der Waals surface area contributed by atoms with Gasteiger partial charge in [0.05, 0.1) is 12.8 Å². The van der Waals surface area contributed by atoms with Gasteiger partial charge in [-0.1, -0.05) is 12.8 Å². The minimum Gasteiger partial charge on any atom is -0.468 e. The molecule has 0 unspecified atom stereocenters. The van der Waals surface area contributed by atoms with Gasteiger partial charge in [0.25, 0.3) is 0 Å². The number of hydrogen-bond acceptors (Lipinski definition) is 3. The number of carbonyl (C=O) groups is 1. The molecule has 0 radical (unpaired) electrons. The standard InChI is InChI=1S/C13H19N3O2/c1-18-13-15-11(9-4-2-3-5-9)8-16(13)12(17)14-10-6-7-10/h8-10H,2-7H2,1H3,(H,14,17). The second kappa shape index (κ2) is 4.63. The summed E-state index contributed by atoms with van der Waals surface area (Å²) in [5, 5.41) is 2.95. The monoisotopic (exact) mass is 249 g/mol. The Hall–Kier alpha value is -1.52. The first-order valence-corrected chi connectivity index (χ1v) is 6.72. The minimum absolute atomic E-state index is 0.119. The molecule has 2 aliphatic rings. The van der Waals surface area contributed by atoms with E-state index in [2.05, 4.69) is 10.3 Å². The Kier molecular flexibility index (Phi) is 2.97. The van der Waals surface area contributed by atoms with Gasteiger partial charge in [-0.15, -0.1) is 0 Å². The van der Waals surface area contributed by atoms with E-state index in [-0.39, 0.29) is 6.03 Å². The number of nitrogens with zero attached hydrogens (tertiary/aromatic N) is 2. The van der Waals surface area contributed by atoms with Gasteiger partial charge in [-0.3, -0.25) is 0 Å². The third-order valence-electron chi connectivity index (χ3n) is 3.77. The van der Waals surface area contributed by atoms with Crippen LogP contribution < -0.4 is 10.1 Å². The van der Waals surface area contributed by atoms with Crippen molar-refractivity contribution in [3.63, 3.8) is 0 Å². The number of ether oxygens (including phenoxy) is 1. The van der Waals surface area contributed by atoms with Crippen molar-refractivity contribution in [2.75, 3.05) is 7.11 Å². The SMILES string of the molecule is COc1nc(C2CCCC2)cn1C(=O)NC1CC1. The van der Waals surface area contributed by atoms with Crippen LogP contribution in [0, 0.1) is 0 Å². The molecule has 5 heteroatoms. The number of hydrogen-bond donors (Lipinski definition) is 1. The molecule has 2 aliphatic carbocycles. The predicted molar refractivity (Wildman–Crippen MR) is 66.9 cm³/mol. The van der Waals surface area contributed by atoms with Gasteiger partial charge in [0.2, 0.25) is 0 Å². The summed E-state index contributed by atoms with van der Waals surface area (Å²) in [5.41, 5.74) is 0.996. The normalized spacial score (nSPS) is 20.1. The Labute approximate surface area is 107 Å². The molecule has 1 heterocycles. The largest absolute Gasteiger partial charge is 0.468 e. The second-order valence-electron chi connectivity index (χ2n) is 5.23. The fraction of sp³-hybridized carbons (Fsp3) is 0.692. The Morgan fingerprint density at radius 1 is 1.39 bits per heavy atom. The molecule has 2 fully saturated rings. The zero-order chi connectivity index (χ0) is 12.5. The fourth-order valence-corrected chi connectivity index (χ4v) is 2.56. The first-order valence-electron chi connectivity index (χ1n) is 6.72. The van der Waals surface area contributed by atoms with Gasteiger partial charge in [0.1, 0.15) is 0 Å². The molecular formula is C13H19N3O2. The molecule has 2 saturated carbocycles. The maximum Gasteiger partial charge on any atom is 0.329 e. The van der Waals surface area contributed by atoms with Crippen molar-refractivity contribution in [3.05, 3.63) is 11.9 Å². The molecule has 0 spiro atoms. The van der Waals surface area contributed by atoms with Crippen molar-refractivity contribution in [3.8, 4) is 6.01 Å². The lowest BCUT2D eigenvalue weighted by Crippen LogP contribution is -2.30. The lowest BCUT2D eigenvalue weighted by atomic mass is 10.1. The summed E-state index contributed by atoms with van der Waals surface area (Å²) < 4.78 is 6.71. The summed E-state index contributed by atoms with van der Waals surface area (Å²) in [5.74, 6) is 0.494. The van der Waals surface area contributed by atoms with Gasteiger partial charge in [-0.05, 0) is 25.7 Å². The highest BCUT2D eigenvalue weighted by Crippen LogP contribution is 2.34. The van der Waals surface area contributed by atoms with E-state index < -0.39 is 0 Å². The van der Waals surface area contributed by atoms with E-state index >= 15 is 0 Å². The zero-order valence-corrected chi connectivity index (χ0v) is 10.7. The predicted octanol–water partition coefficient (Wildman–Crippen LogP) is 2.27. The molecule has 98 valence electrons. The first-order chi connectivity index (χ1) is 8.78. The van der Waals surface area contributed by atoms with Gasteiger partial charge in [0, 0.05) is 18.2 Å². The summed E-state index contributed by atoms with van der Waals surface area (Å²) in [4.78, 5) is 16.5. The summed E-state index contributed by atoms with van der Waals surface area (Å²) in [6.45, 7) is 0. The summed E-state index contributed by atoms with van der Waals surface area (Å²) in [7, 11) is 1.56. The lowest BCUT2D eigenvalue weighted by molar-refractivity contribution is 0.237. The van der Waals surface area contributed by atoms with Crippen LogP contribution in [0.2, 0.25) is 0 Å². The highest BCUT2D eigenvalue weighted by atomic mass is 16.5. The van der Waals surface area contributed by atoms with E-state index in [1.54, 1.807) is 7.11 Å². The van der Waals surface area contributed by atoms with Crippen LogP contribution in [0.15, 0.2) is 6.20 Å². The minimum atomic E-state index is -0.119. The lowest BCUT2D eigenvalue weighted by Gasteiger charge is -2.05. The molecule has 18 heavy (non-hydrogen) atoms. The number of aromatic nitrogens is 2. The van der Waals surface area contributed by atoms with Crippen molar-refractivity contribution in [2.24, 2.45) is 0 Å². The van der Waals surface area contributed by atoms with Gasteiger partial charge >= 0.3 is 12.0 Å². The topological polar surface area (TPSA) is 56.2 Å². The Morgan fingerprint density at radius 2 is 2.11 bits per heavy atom. The molecule has 5 nitrogen and oxygen atoms in total. The van der Waals surface area contributed by atoms with Crippen LogP contribution >= 0.6 is 0 Å². The van der Waals surface area contributed by atoms with Gasteiger partial charge < -0.3 is 10.1 Å². The zero-order valence-electron chi connectivity index (χ0n) is 10.7. The maximum absolute atomic E-state index is 12.0. The average molecular weight is 249 g/mol. The smallest absolute Gasteiger partial charge is 0.329 e. The van der Waals surface area contributed by atoms with E-state index in [1.807, 2.05) is 6.20 Å². The quantitative estimate of drug-likeness (QED) is 0.894. The van der Waals surface area contributed by atoms with E-state index in [9.17, 15) is 4.79 Å². The molecule has 3 rings (SSSR count). The molecule has 1 aromatic heterocycles. The highest BCUT2D eigenvalue weighted by Gasteiger charge is 2.27. The maximum atomic E-state index is 12.0. The van der Waals surface area contributed by atoms with Gasteiger partial charge in [0.15, 0.2) is 0 Å². The van der Waals surface area contributed by atoms with Crippen molar-refractivity contribution in [1.29, 1.82) is 0 Å². The van der Waals surface area contributed by atoms with Crippen molar-refractivity contribution in [2.45, 2.75) is 50.5 Å².